The van der Waals surface area contributed by atoms with Crippen LogP contribution >= 0.6 is 0 Å². The van der Waals surface area contributed by atoms with E-state index in [9.17, 15) is 19.5 Å². The number of carboxylic acids is 1. The lowest BCUT2D eigenvalue weighted by atomic mass is 10.1. The summed E-state index contributed by atoms with van der Waals surface area (Å²) in [5, 5.41) is 11.5. The third-order valence-electron chi connectivity index (χ3n) is 6.54. The van der Waals surface area contributed by atoms with Crippen molar-refractivity contribution in [3.8, 4) is 0 Å². The molecule has 0 aromatic carbocycles. The first kappa shape index (κ1) is 38.5. The molecular formula is C33H57NO7. The van der Waals surface area contributed by atoms with Crippen LogP contribution in [0.3, 0.4) is 0 Å². The van der Waals surface area contributed by atoms with E-state index in [4.69, 9.17) is 14.2 Å². The number of quaternary nitrogens is 1. The summed E-state index contributed by atoms with van der Waals surface area (Å²) in [5.74, 6) is -1.81. The fraction of sp³-hybridized carbons (Fsp3) is 0.727. The lowest BCUT2D eigenvalue weighted by molar-refractivity contribution is -0.889. The number of hydrogen-bond donors (Lipinski definition) is 0. The number of unbranched alkanes of at least 4 members (excludes halogenated alkanes) is 6. The zero-order chi connectivity index (χ0) is 30.8. The summed E-state index contributed by atoms with van der Waals surface area (Å²) in [7, 11) is 5.35. The molecule has 0 spiro atoms. The molecule has 8 heteroatoms. The molecule has 2 atom stereocenters. The first-order valence-corrected chi connectivity index (χ1v) is 15.5. The fourth-order valence-corrected chi connectivity index (χ4v) is 4.08. The molecule has 0 aliphatic heterocycles. The van der Waals surface area contributed by atoms with Crippen molar-refractivity contribution >= 4 is 17.9 Å². The zero-order valence-corrected chi connectivity index (χ0v) is 26.4. The number of aliphatic carboxylic acids is 1. The van der Waals surface area contributed by atoms with Crippen LogP contribution in [0.15, 0.2) is 36.5 Å². The summed E-state index contributed by atoms with van der Waals surface area (Å²) in [5.41, 5.74) is 0. The Morgan fingerprint density at radius 1 is 0.756 bits per heavy atom. The minimum Gasteiger partial charge on any atom is -0.544 e. The van der Waals surface area contributed by atoms with Crippen LogP contribution in [-0.2, 0) is 28.6 Å². The van der Waals surface area contributed by atoms with Gasteiger partial charge in [0.15, 0.2) is 6.10 Å². The van der Waals surface area contributed by atoms with Gasteiger partial charge in [-0.3, -0.25) is 9.59 Å². The van der Waals surface area contributed by atoms with E-state index in [0.29, 0.717) is 6.42 Å². The molecule has 8 nitrogen and oxygen atoms in total. The van der Waals surface area contributed by atoms with Gasteiger partial charge in [-0.2, -0.15) is 0 Å². The Bertz CT molecular complexity index is 783. The Morgan fingerprint density at radius 2 is 1.37 bits per heavy atom. The van der Waals surface area contributed by atoms with Gasteiger partial charge >= 0.3 is 11.9 Å². The number of rotatable bonds is 26. The van der Waals surface area contributed by atoms with Gasteiger partial charge in [0.05, 0.1) is 40.3 Å². The molecule has 0 fully saturated rings. The quantitative estimate of drug-likeness (QED) is 0.0581. The maximum atomic E-state index is 12.5. The van der Waals surface area contributed by atoms with Crippen molar-refractivity contribution in [3.05, 3.63) is 36.5 Å². The Morgan fingerprint density at radius 3 is 1.98 bits per heavy atom. The summed E-state index contributed by atoms with van der Waals surface area (Å²) >= 11 is 0. The number of esters is 2. The van der Waals surface area contributed by atoms with Crippen molar-refractivity contribution < 1.29 is 38.2 Å². The smallest absolute Gasteiger partial charge is 0.306 e. The number of allylic oxidation sites excluding steroid dienone is 6. The Hall–Kier alpha value is -2.45. The largest absolute Gasteiger partial charge is 0.544 e. The molecule has 0 bridgehead atoms. The molecule has 0 amide bonds. The predicted molar refractivity (Wildman–Crippen MR) is 162 cm³/mol. The fourth-order valence-electron chi connectivity index (χ4n) is 4.08. The second-order valence-corrected chi connectivity index (χ2v) is 11.3. The van der Waals surface area contributed by atoms with Crippen LogP contribution in [0.1, 0.15) is 104 Å². The first-order valence-electron chi connectivity index (χ1n) is 15.5. The molecule has 0 heterocycles. The SMILES string of the molecule is CC/C=C\C/C=C\C/C=C\CCCCCC(=O)OC(COCCC(C(=O)[O-])[N+](C)(C)C)COC(=O)CCCCCC. The Labute approximate surface area is 249 Å². The minimum atomic E-state index is -1.14. The van der Waals surface area contributed by atoms with E-state index in [1.165, 1.54) is 0 Å². The van der Waals surface area contributed by atoms with Gasteiger partial charge in [0, 0.05) is 19.3 Å². The van der Waals surface area contributed by atoms with Crippen molar-refractivity contribution in [3.63, 3.8) is 0 Å². The molecule has 0 aromatic rings. The van der Waals surface area contributed by atoms with E-state index in [-0.39, 0.29) is 49.1 Å². The highest BCUT2D eigenvalue weighted by Crippen LogP contribution is 2.10. The maximum Gasteiger partial charge on any atom is 0.306 e. The van der Waals surface area contributed by atoms with Crippen LogP contribution in [0.25, 0.3) is 0 Å². The van der Waals surface area contributed by atoms with Gasteiger partial charge in [0.2, 0.25) is 0 Å². The molecule has 236 valence electrons. The molecule has 0 N–H and O–H groups in total. The number of likely N-dealkylation sites (N-methyl/N-ethyl adjacent to an activating group) is 1. The van der Waals surface area contributed by atoms with E-state index in [1.807, 2.05) is 0 Å². The van der Waals surface area contributed by atoms with E-state index in [2.05, 4.69) is 50.3 Å². The third-order valence-corrected chi connectivity index (χ3v) is 6.54. The lowest BCUT2D eigenvalue weighted by Crippen LogP contribution is -2.55. The normalized spacial score (nSPS) is 13.7. The molecule has 0 aliphatic rings. The monoisotopic (exact) mass is 579 g/mol. The molecule has 0 aliphatic carbocycles. The molecule has 0 saturated heterocycles. The highest BCUT2D eigenvalue weighted by atomic mass is 16.6. The average molecular weight is 580 g/mol. The Balaban J connectivity index is 4.49. The van der Waals surface area contributed by atoms with Crippen LogP contribution < -0.4 is 5.11 Å². The van der Waals surface area contributed by atoms with Crippen molar-refractivity contribution in [2.45, 2.75) is 116 Å². The molecule has 41 heavy (non-hydrogen) atoms. The highest BCUT2D eigenvalue weighted by molar-refractivity contribution is 5.70. The number of nitrogens with zero attached hydrogens (tertiary/aromatic N) is 1. The standard InChI is InChI=1S/C33H57NO7/c1-6-8-10-12-13-14-15-16-17-18-19-20-22-24-32(36)41-29(28-40-31(35)23-21-11-9-7-2)27-39-26-25-30(33(37)38)34(3,4)5/h8,10,13-14,16-17,29-30H,6-7,9,11-12,15,18-28H2,1-5H3/b10-8-,14-13-,17-16-. The zero-order valence-electron chi connectivity index (χ0n) is 26.4. The van der Waals surface area contributed by atoms with Crippen molar-refractivity contribution in [2.75, 3.05) is 41.0 Å². The minimum absolute atomic E-state index is 0.0277. The van der Waals surface area contributed by atoms with Gasteiger partial charge in [-0.25, -0.2) is 0 Å². The molecule has 2 unspecified atom stereocenters. The maximum absolute atomic E-state index is 12.5. The number of ether oxygens (including phenoxy) is 3. The van der Waals surface area contributed by atoms with Crippen molar-refractivity contribution in [1.29, 1.82) is 0 Å². The molecule has 0 rings (SSSR count). The van der Waals surface area contributed by atoms with E-state index in [1.54, 1.807) is 21.1 Å². The highest BCUT2D eigenvalue weighted by Gasteiger charge is 2.25. The van der Waals surface area contributed by atoms with Gasteiger partial charge in [0.25, 0.3) is 0 Å². The van der Waals surface area contributed by atoms with Gasteiger partial charge in [-0.15, -0.1) is 0 Å². The lowest BCUT2D eigenvalue weighted by Gasteiger charge is -2.34. The van der Waals surface area contributed by atoms with Crippen LogP contribution in [-0.4, -0.2) is 75.5 Å². The molecule has 0 radical (unpaired) electrons. The topological polar surface area (TPSA) is 102 Å². The van der Waals surface area contributed by atoms with E-state index < -0.39 is 18.1 Å². The predicted octanol–water partition coefficient (Wildman–Crippen LogP) is 5.45. The summed E-state index contributed by atoms with van der Waals surface area (Å²) < 4.78 is 16.8. The van der Waals surface area contributed by atoms with Gasteiger partial charge in [0.1, 0.15) is 12.6 Å². The number of hydrogen-bond acceptors (Lipinski definition) is 7. The van der Waals surface area contributed by atoms with Crippen LogP contribution in [0.2, 0.25) is 0 Å². The van der Waals surface area contributed by atoms with Crippen LogP contribution in [0, 0.1) is 0 Å². The molecule has 0 aromatic heterocycles. The number of carbonyl (C=O) groups excluding carboxylic acids is 3. The van der Waals surface area contributed by atoms with Crippen molar-refractivity contribution in [2.24, 2.45) is 0 Å². The molecule has 0 saturated carbocycles. The van der Waals surface area contributed by atoms with E-state index >= 15 is 0 Å². The van der Waals surface area contributed by atoms with Gasteiger partial charge < -0.3 is 28.6 Å². The summed E-state index contributed by atoms with van der Waals surface area (Å²) in [6.07, 6.45) is 23.7. The summed E-state index contributed by atoms with van der Waals surface area (Å²) in [4.78, 5) is 36.1. The number of carbonyl (C=O) groups is 3. The van der Waals surface area contributed by atoms with Crippen molar-refractivity contribution in [1.82, 2.24) is 0 Å². The van der Waals surface area contributed by atoms with Crippen LogP contribution in [0.5, 0.6) is 0 Å². The second kappa shape index (κ2) is 25.3. The number of carboxylic acid groups (broad SMARTS) is 1. The van der Waals surface area contributed by atoms with E-state index in [0.717, 1.165) is 70.6 Å². The average Bonchev–Trinajstić information content (AvgIpc) is 2.91. The second-order valence-electron chi connectivity index (χ2n) is 11.3. The molecular weight excluding hydrogens is 522 g/mol. The summed E-state index contributed by atoms with van der Waals surface area (Å²) in [6.45, 7) is 4.35. The van der Waals surface area contributed by atoms with Gasteiger partial charge in [-0.1, -0.05) is 76.0 Å². The Kier molecular flexibility index (Phi) is 23.8. The van der Waals surface area contributed by atoms with Gasteiger partial charge in [-0.05, 0) is 44.9 Å². The van der Waals surface area contributed by atoms with Crippen LogP contribution in [0.4, 0.5) is 0 Å². The first-order chi connectivity index (χ1) is 19.6. The summed E-state index contributed by atoms with van der Waals surface area (Å²) in [6, 6.07) is -0.726. The third kappa shape index (κ3) is 23.9.